The number of ketones is 1. The summed E-state index contributed by atoms with van der Waals surface area (Å²) in [7, 11) is 2.07. The Morgan fingerprint density at radius 1 is 1.07 bits per heavy atom. The zero-order valence-electron chi connectivity index (χ0n) is 23.4. The van der Waals surface area contributed by atoms with Crippen LogP contribution in [-0.2, 0) is 10.3 Å². The van der Waals surface area contributed by atoms with Crippen molar-refractivity contribution < 1.29 is 14.3 Å². The van der Waals surface area contributed by atoms with Crippen LogP contribution in [0, 0.1) is 6.92 Å². The van der Waals surface area contributed by atoms with Crippen LogP contribution in [0.1, 0.15) is 57.7 Å². The highest BCUT2D eigenvalue weighted by molar-refractivity contribution is 7.21. The van der Waals surface area contributed by atoms with Crippen molar-refractivity contribution >= 4 is 38.8 Å². The Kier molecular flexibility index (Phi) is 6.86. The Morgan fingerprint density at radius 2 is 1.80 bits per heavy atom. The number of benzene rings is 3. The molecule has 2 heterocycles. The van der Waals surface area contributed by atoms with Crippen molar-refractivity contribution in [1.29, 1.82) is 0 Å². The third-order valence-corrected chi connectivity index (χ3v) is 9.90. The van der Waals surface area contributed by atoms with Crippen LogP contribution in [-0.4, -0.2) is 42.3 Å². The molecule has 7 N–H and O–H groups in total. The first-order valence-corrected chi connectivity index (χ1v) is 14.7. The fraction of sp³-hybridized carbons (Fsp3) is 0.312. The molecule has 3 aromatic carbocycles. The molecule has 212 valence electrons. The van der Waals surface area contributed by atoms with E-state index < -0.39 is 11.6 Å². The smallest absolute Gasteiger partial charge is 0.262 e. The first-order valence-electron chi connectivity index (χ1n) is 13.9. The highest BCUT2D eigenvalue weighted by Gasteiger charge is 2.49. The summed E-state index contributed by atoms with van der Waals surface area (Å²) >= 11 is 1.28. The van der Waals surface area contributed by atoms with Crippen molar-refractivity contribution in [2.24, 2.45) is 11.5 Å². The second-order valence-electron chi connectivity index (χ2n) is 11.3. The van der Waals surface area contributed by atoms with Gasteiger partial charge in [-0.25, -0.2) is 0 Å². The molecule has 1 aromatic heterocycles. The number of nitrogens with one attached hydrogen (secondary N) is 1. The highest BCUT2D eigenvalue weighted by atomic mass is 32.1. The van der Waals surface area contributed by atoms with E-state index in [-0.39, 0.29) is 17.7 Å². The van der Waals surface area contributed by atoms with Crippen molar-refractivity contribution in [3.63, 3.8) is 0 Å². The van der Waals surface area contributed by atoms with E-state index in [0.29, 0.717) is 50.2 Å². The Morgan fingerprint density at radius 3 is 2.51 bits per heavy atom. The quantitative estimate of drug-likeness (QED) is 0.258. The van der Waals surface area contributed by atoms with Crippen LogP contribution in [0.25, 0.3) is 10.1 Å². The van der Waals surface area contributed by atoms with E-state index >= 15 is 0 Å². The van der Waals surface area contributed by atoms with Gasteiger partial charge in [-0.2, -0.15) is 0 Å². The molecule has 0 saturated carbocycles. The molecular weight excluding hydrogens is 534 g/mol. The van der Waals surface area contributed by atoms with Gasteiger partial charge in [-0.3, -0.25) is 9.59 Å². The molecule has 1 aliphatic heterocycles. The normalized spacial score (nSPS) is 24.4. The maximum atomic E-state index is 14.2. The summed E-state index contributed by atoms with van der Waals surface area (Å²) in [5.41, 5.74) is 21.7. The molecule has 9 heteroatoms. The Balaban J connectivity index is 1.41. The molecule has 0 radical (unpaired) electrons. The fourth-order valence-corrected chi connectivity index (χ4v) is 7.45. The number of likely N-dealkylation sites (tertiary alicyclic amines) is 1. The average Bonchev–Trinajstić information content (AvgIpc) is 3.36. The predicted molar refractivity (Wildman–Crippen MR) is 163 cm³/mol. The second kappa shape index (κ2) is 10.3. The lowest BCUT2D eigenvalue weighted by atomic mass is 9.69. The van der Waals surface area contributed by atoms with Crippen molar-refractivity contribution in [3.05, 3.63) is 87.8 Å². The van der Waals surface area contributed by atoms with Gasteiger partial charge in [0.25, 0.3) is 5.91 Å². The molecule has 2 aliphatic rings. The monoisotopic (exact) mass is 569 g/mol. The molecule has 1 aliphatic carbocycles. The van der Waals surface area contributed by atoms with Gasteiger partial charge in [0.15, 0.2) is 5.78 Å². The predicted octanol–water partition coefficient (Wildman–Crippen LogP) is 4.58. The van der Waals surface area contributed by atoms with Gasteiger partial charge in [0, 0.05) is 35.3 Å². The van der Waals surface area contributed by atoms with E-state index in [9.17, 15) is 9.59 Å². The zero-order valence-corrected chi connectivity index (χ0v) is 24.3. The van der Waals surface area contributed by atoms with Gasteiger partial charge in [0.1, 0.15) is 17.0 Å². The van der Waals surface area contributed by atoms with Crippen LogP contribution < -0.4 is 27.3 Å². The Labute approximate surface area is 243 Å². The number of carbonyl (C=O) groups excluding carboxylic acids is 2. The van der Waals surface area contributed by atoms with Crippen molar-refractivity contribution in [2.45, 2.75) is 50.4 Å². The molecule has 0 bridgehead atoms. The number of thiophene rings is 1. The summed E-state index contributed by atoms with van der Waals surface area (Å²) in [6.45, 7) is 4.85. The number of hydrogen-bond donors (Lipinski definition) is 4. The minimum absolute atomic E-state index is 0.0151. The molecule has 1 saturated heterocycles. The van der Waals surface area contributed by atoms with Gasteiger partial charge in [0.05, 0.1) is 15.6 Å². The summed E-state index contributed by atoms with van der Waals surface area (Å²) in [6.07, 6.45) is 1.89. The summed E-state index contributed by atoms with van der Waals surface area (Å²) in [6, 6.07) is 17.9. The summed E-state index contributed by atoms with van der Waals surface area (Å²) < 4.78 is 6.72. The van der Waals surface area contributed by atoms with Crippen LogP contribution in [0.2, 0.25) is 0 Å². The third kappa shape index (κ3) is 4.49. The van der Waals surface area contributed by atoms with Gasteiger partial charge >= 0.3 is 0 Å². The Bertz CT molecular complexity index is 1670. The number of aryl methyl sites for hydroxylation is 1. The number of amides is 1. The number of rotatable bonds is 5. The topological polar surface area (TPSA) is 137 Å². The van der Waals surface area contributed by atoms with Crippen LogP contribution in [0.3, 0.4) is 0 Å². The van der Waals surface area contributed by atoms with Gasteiger partial charge in [0.2, 0.25) is 0 Å². The van der Waals surface area contributed by atoms with E-state index in [1.54, 1.807) is 18.2 Å². The summed E-state index contributed by atoms with van der Waals surface area (Å²) in [4.78, 5) is 30.5. The lowest BCUT2D eigenvalue weighted by molar-refractivity contribution is -0.124. The number of para-hydroxylation sites is 1. The molecule has 41 heavy (non-hydrogen) atoms. The van der Waals surface area contributed by atoms with E-state index in [1.807, 2.05) is 49.4 Å². The summed E-state index contributed by atoms with van der Waals surface area (Å²) in [5, 5.41) is 3.89. The number of ether oxygens (including phenoxy) is 1. The van der Waals surface area contributed by atoms with Crippen molar-refractivity contribution in [2.75, 3.05) is 19.3 Å². The zero-order chi connectivity index (χ0) is 29.1. The Hall–Kier alpha value is -3.76. The second-order valence-corrected chi connectivity index (χ2v) is 12.4. The number of piperidine rings is 1. The SMILES string of the molecule is Cc1cc(Oc2ccccc2)ccc1C1(N)C(=O)C(N)c2c(C(=O)NC3CCC(C)N(C)C3)sc3c(N)ccc1c23. The van der Waals surface area contributed by atoms with E-state index in [1.165, 1.54) is 11.3 Å². The molecule has 8 nitrogen and oxygen atoms in total. The van der Waals surface area contributed by atoms with Gasteiger partial charge < -0.3 is 32.2 Å². The van der Waals surface area contributed by atoms with E-state index in [2.05, 4.69) is 24.2 Å². The number of Topliss-reactive ketones (excluding diaryl/α,β-unsaturated/α-hetero) is 1. The molecule has 4 unspecified atom stereocenters. The first-order chi connectivity index (χ1) is 19.6. The van der Waals surface area contributed by atoms with Gasteiger partial charge in [-0.1, -0.05) is 30.3 Å². The van der Waals surface area contributed by atoms with Crippen LogP contribution in [0.5, 0.6) is 11.5 Å². The molecule has 1 amide bonds. The molecular formula is C32H35N5O3S. The lowest BCUT2D eigenvalue weighted by Gasteiger charge is -2.37. The average molecular weight is 570 g/mol. The minimum atomic E-state index is -1.52. The minimum Gasteiger partial charge on any atom is -0.457 e. The maximum absolute atomic E-state index is 14.2. The van der Waals surface area contributed by atoms with Crippen LogP contribution in [0.4, 0.5) is 5.69 Å². The number of anilines is 1. The van der Waals surface area contributed by atoms with Crippen LogP contribution in [0.15, 0.2) is 60.7 Å². The molecule has 6 rings (SSSR count). The van der Waals surface area contributed by atoms with Crippen molar-refractivity contribution in [3.8, 4) is 11.5 Å². The van der Waals surface area contributed by atoms with Gasteiger partial charge in [-0.05, 0) is 80.8 Å². The first kappa shape index (κ1) is 27.4. The molecule has 4 aromatic rings. The summed E-state index contributed by atoms with van der Waals surface area (Å²) in [5.74, 6) is 0.746. The largest absolute Gasteiger partial charge is 0.457 e. The molecule has 0 spiro atoms. The van der Waals surface area contributed by atoms with Crippen LogP contribution >= 0.6 is 11.3 Å². The number of nitrogens with zero attached hydrogens (tertiary/aromatic N) is 1. The maximum Gasteiger partial charge on any atom is 0.262 e. The van der Waals surface area contributed by atoms with E-state index in [0.717, 1.165) is 29.6 Å². The lowest BCUT2D eigenvalue weighted by Crippen LogP contribution is -2.53. The number of nitrogens with two attached hydrogens (primary N) is 3. The highest BCUT2D eigenvalue weighted by Crippen LogP contribution is 2.50. The molecule has 4 atom stereocenters. The number of likely N-dealkylation sites (N-methyl/N-ethyl adjacent to an activating group) is 1. The standard InChI is InChI=1S/C32H35N5O3S/c1-17-15-21(40-20-7-5-4-6-8-20)11-12-22(17)32(35)23-13-14-24(33)28-25(23)26(27(34)30(32)38)29(41-28)31(39)36-19-10-9-18(2)37(3)16-19/h4-8,11-15,18-19,27H,9-10,16,33-35H2,1-3H3,(H,36,39). The van der Waals surface area contributed by atoms with Gasteiger partial charge in [-0.15, -0.1) is 11.3 Å². The third-order valence-electron chi connectivity index (χ3n) is 8.65. The molecule has 1 fully saturated rings. The van der Waals surface area contributed by atoms with Crippen molar-refractivity contribution in [1.82, 2.24) is 10.2 Å². The fourth-order valence-electron chi connectivity index (χ4n) is 6.24. The number of nitrogen functional groups attached to an aromatic ring is 1. The van der Waals surface area contributed by atoms with E-state index in [4.69, 9.17) is 21.9 Å². The number of carbonyl (C=O) groups is 2. The number of hydrogen-bond acceptors (Lipinski definition) is 8.